The van der Waals surface area contributed by atoms with Crippen LogP contribution in [0.1, 0.15) is 52.5 Å². The van der Waals surface area contributed by atoms with Crippen molar-refractivity contribution in [1.29, 1.82) is 0 Å². The van der Waals surface area contributed by atoms with Crippen LogP contribution < -0.4 is 5.32 Å². The summed E-state index contributed by atoms with van der Waals surface area (Å²) in [5, 5.41) is 3.45. The first-order valence-electron chi connectivity index (χ1n) is 10.0. The van der Waals surface area contributed by atoms with Gasteiger partial charge in [-0.15, -0.1) is 11.3 Å². The Balaban J connectivity index is 1.40. The van der Waals surface area contributed by atoms with Gasteiger partial charge in [0.2, 0.25) is 11.8 Å². The first-order valence-corrected chi connectivity index (χ1v) is 11.6. The Kier molecular flexibility index (Phi) is 5.20. The number of aromatic nitrogens is 1. The number of fused-ring (bicyclic) bond motifs is 1. The molecule has 156 valence electrons. The lowest BCUT2D eigenvalue weighted by molar-refractivity contribution is -0.136. The third kappa shape index (κ3) is 3.48. The fourth-order valence-corrected chi connectivity index (χ4v) is 6.13. The molecule has 1 aromatic heterocycles. The van der Waals surface area contributed by atoms with Crippen molar-refractivity contribution in [3.05, 3.63) is 38.1 Å². The molecular weight excluding hydrogens is 470 g/mol. The van der Waals surface area contributed by atoms with Crippen LogP contribution in [0.4, 0.5) is 0 Å². The summed E-state index contributed by atoms with van der Waals surface area (Å²) in [6, 6.07) is 5.13. The molecule has 1 N–H and O–H groups in total. The summed E-state index contributed by atoms with van der Waals surface area (Å²) in [5.74, 6) is -0.411. The number of carbonyl (C=O) groups is 3. The second kappa shape index (κ2) is 7.86. The first kappa shape index (κ1) is 19.8. The van der Waals surface area contributed by atoms with Crippen LogP contribution in [0.15, 0.2) is 22.0 Å². The number of rotatable bonds is 3. The number of ether oxygens (including phenoxy) is 1. The van der Waals surface area contributed by atoms with E-state index < -0.39 is 11.9 Å². The number of piperidine rings is 1. The molecule has 0 aliphatic carbocycles. The number of thiazole rings is 1. The molecule has 3 amide bonds. The van der Waals surface area contributed by atoms with Gasteiger partial charge in [0.05, 0.1) is 14.5 Å². The first-order chi connectivity index (χ1) is 14.5. The average molecular weight is 490 g/mol. The van der Waals surface area contributed by atoms with Crippen LogP contribution in [0.25, 0.3) is 11.3 Å². The van der Waals surface area contributed by atoms with Gasteiger partial charge < -0.3 is 9.64 Å². The summed E-state index contributed by atoms with van der Waals surface area (Å²) < 4.78 is 6.44. The predicted molar refractivity (Wildman–Crippen MR) is 114 cm³/mol. The van der Waals surface area contributed by atoms with Crippen molar-refractivity contribution < 1.29 is 19.1 Å². The van der Waals surface area contributed by atoms with Crippen molar-refractivity contribution in [3.8, 4) is 11.3 Å². The van der Waals surface area contributed by atoms with Crippen molar-refractivity contribution in [1.82, 2.24) is 15.2 Å². The molecule has 30 heavy (non-hydrogen) atoms. The fraction of sp³-hybridized carbons (Fsp3) is 0.429. The standard InChI is InChI=1S/C21H20BrN3O4S/c22-18-17(24-20(30-18)11-5-7-29-8-6-11)12-1-2-14-13(9-12)10-25(21(14)28)15-3-4-16(26)23-19(15)27/h1-2,9,11,15H,3-8,10H2,(H,23,26,27). The highest BCUT2D eigenvalue weighted by Crippen LogP contribution is 2.40. The number of imide groups is 1. The van der Waals surface area contributed by atoms with Crippen LogP contribution in [-0.4, -0.2) is 46.9 Å². The van der Waals surface area contributed by atoms with E-state index in [1.807, 2.05) is 18.2 Å². The Bertz CT molecular complexity index is 1050. The zero-order chi connectivity index (χ0) is 20.8. The Morgan fingerprint density at radius 2 is 1.97 bits per heavy atom. The summed E-state index contributed by atoms with van der Waals surface area (Å²) >= 11 is 5.32. The molecule has 7 nitrogen and oxygen atoms in total. The molecule has 5 rings (SSSR count). The topological polar surface area (TPSA) is 88.6 Å². The van der Waals surface area contributed by atoms with Gasteiger partial charge in [0.25, 0.3) is 5.91 Å². The molecule has 2 fully saturated rings. The molecular formula is C21H20BrN3O4S. The van der Waals surface area contributed by atoms with Gasteiger partial charge in [-0.3, -0.25) is 19.7 Å². The normalized spacial score (nSPS) is 22.4. The largest absolute Gasteiger partial charge is 0.381 e. The van der Waals surface area contributed by atoms with Gasteiger partial charge in [0, 0.05) is 43.2 Å². The van der Waals surface area contributed by atoms with Gasteiger partial charge in [-0.05, 0) is 52.9 Å². The molecule has 1 atom stereocenters. The number of nitrogens with one attached hydrogen (secondary N) is 1. The van der Waals surface area contributed by atoms with Crippen molar-refractivity contribution in [3.63, 3.8) is 0 Å². The van der Waals surface area contributed by atoms with E-state index in [-0.39, 0.29) is 18.2 Å². The summed E-state index contributed by atoms with van der Waals surface area (Å²) in [4.78, 5) is 43.0. The minimum Gasteiger partial charge on any atom is -0.381 e. The SMILES string of the molecule is O=C1CCC(N2Cc3cc(-c4nc(C5CCOCC5)sc4Br)ccc3C2=O)C(=O)N1. The van der Waals surface area contributed by atoms with Crippen LogP contribution >= 0.6 is 27.3 Å². The van der Waals surface area contributed by atoms with Gasteiger partial charge in [-0.1, -0.05) is 6.07 Å². The fourth-order valence-electron chi connectivity index (χ4n) is 4.34. The maximum absolute atomic E-state index is 12.9. The van der Waals surface area contributed by atoms with Crippen molar-refractivity contribution in [2.75, 3.05) is 13.2 Å². The molecule has 4 heterocycles. The number of amides is 3. The molecule has 0 spiro atoms. The van der Waals surface area contributed by atoms with Crippen LogP contribution in [-0.2, 0) is 20.9 Å². The van der Waals surface area contributed by atoms with E-state index in [1.165, 1.54) is 0 Å². The van der Waals surface area contributed by atoms with Crippen LogP contribution in [0, 0.1) is 0 Å². The number of nitrogens with zero attached hydrogens (tertiary/aromatic N) is 2. The van der Waals surface area contributed by atoms with Crippen LogP contribution in [0.5, 0.6) is 0 Å². The highest BCUT2D eigenvalue weighted by Gasteiger charge is 2.39. The van der Waals surface area contributed by atoms with Gasteiger partial charge in [0.1, 0.15) is 6.04 Å². The number of hydrogen-bond donors (Lipinski definition) is 1. The molecule has 2 saturated heterocycles. The third-order valence-corrected chi connectivity index (χ3v) is 7.84. The van der Waals surface area contributed by atoms with Crippen LogP contribution in [0.3, 0.4) is 0 Å². The summed E-state index contributed by atoms with van der Waals surface area (Å²) in [6.45, 7) is 1.91. The van der Waals surface area contributed by atoms with Crippen LogP contribution in [0.2, 0.25) is 0 Å². The Hall–Kier alpha value is -2.10. The molecule has 1 aromatic carbocycles. The molecule has 0 saturated carbocycles. The lowest BCUT2D eigenvalue weighted by Crippen LogP contribution is -2.52. The number of benzene rings is 1. The van der Waals surface area contributed by atoms with E-state index in [1.54, 1.807) is 16.2 Å². The molecule has 1 unspecified atom stereocenters. The minimum absolute atomic E-state index is 0.161. The zero-order valence-corrected chi connectivity index (χ0v) is 18.6. The minimum atomic E-state index is -0.600. The number of carbonyl (C=O) groups excluding carboxylic acids is 3. The predicted octanol–water partition coefficient (Wildman–Crippen LogP) is 3.23. The molecule has 9 heteroatoms. The molecule has 0 radical (unpaired) electrons. The highest BCUT2D eigenvalue weighted by molar-refractivity contribution is 9.11. The van der Waals surface area contributed by atoms with Crippen molar-refractivity contribution >= 4 is 45.0 Å². The Labute approximate surface area is 185 Å². The lowest BCUT2D eigenvalue weighted by atomic mass is 10.0. The highest BCUT2D eigenvalue weighted by atomic mass is 79.9. The maximum atomic E-state index is 12.9. The van der Waals surface area contributed by atoms with E-state index in [2.05, 4.69) is 21.2 Å². The van der Waals surface area contributed by atoms with E-state index >= 15 is 0 Å². The lowest BCUT2D eigenvalue weighted by Gasteiger charge is -2.29. The van der Waals surface area contributed by atoms with E-state index in [0.29, 0.717) is 24.4 Å². The Morgan fingerprint density at radius 1 is 1.17 bits per heavy atom. The number of halogens is 1. The summed E-state index contributed by atoms with van der Waals surface area (Å²) in [5.41, 5.74) is 3.33. The summed E-state index contributed by atoms with van der Waals surface area (Å²) in [6.07, 6.45) is 2.59. The smallest absolute Gasteiger partial charge is 0.255 e. The Morgan fingerprint density at radius 3 is 2.73 bits per heavy atom. The second-order valence-electron chi connectivity index (χ2n) is 7.83. The van der Waals surface area contributed by atoms with E-state index in [0.717, 1.165) is 51.7 Å². The quantitative estimate of drug-likeness (QED) is 0.668. The summed E-state index contributed by atoms with van der Waals surface area (Å²) in [7, 11) is 0. The zero-order valence-electron chi connectivity index (χ0n) is 16.2. The van der Waals surface area contributed by atoms with E-state index in [9.17, 15) is 14.4 Å². The molecule has 2 aromatic rings. The van der Waals surface area contributed by atoms with Crippen molar-refractivity contribution in [2.24, 2.45) is 0 Å². The molecule has 3 aliphatic heterocycles. The van der Waals surface area contributed by atoms with E-state index in [4.69, 9.17) is 9.72 Å². The van der Waals surface area contributed by atoms with Gasteiger partial charge in [-0.25, -0.2) is 4.98 Å². The second-order valence-corrected chi connectivity index (χ2v) is 10.2. The van der Waals surface area contributed by atoms with Gasteiger partial charge >= 0.3 is 0 Å². The molecule has 3 aliphatic rings. The third-order valence-electron chi connectivity index (χ3n) is 5.97. The number of hydrogen-bond acceptors (Lipinski definition) is 6. The van der Waals surface area contributed by atoms with Gasteiger partial charge in [0.15, 0.2) is 0 Å². The maximum Gasteiger partial charge on any atom is 0.255 e. The van der Waals surface area contributed by atoms with Gasteiger partial charge in [-0.2, -0.15) is 0 Å². The monoisotopic (exact) mass is 489 g/mol. The van der Waals surface area contributed by atoms with Crippen molar-refractivity contribution in [2.45, 2.75) is 44.2 Å². The average Bonchev–Trinajstić information content (AvgIpc) is 3.29. The molecule has 0 bridgehead atoms.